The highest BCUT2D eigenvalue weighted by Gasteiger charge is 2.08. The minimum absolute atomic E-state index is 0.106. The summed E-state index contributed by atoms with van der Waals surface area (Å²) in [5.74, 6) is -0.453. The van der Waals surface area contributed by atoms with E-state index in [1.165, 1.54) is 11.8 Å². The highest BCUT2D eigenvalue weighted by Crippen LogP contribution is 2.15. The summed E-state index contributed by atoms with van der Waals surface area (Å²) in [6.45, 7) is 3.56. The third kappa shape index (κ3) is 7.02. The van der Waals surface area contributed by atoms with E-state index in [9.17, 15) is 14.4 Å². The summed E-state index contributed by atoms with van der Waals surface area (Å²) in [5.41, 5.74) is 0. The summed E-state index contributed by atoms with van der Waals surface area (Å²) in [6.07, 6.45) is 0.360. The molecule has 1 rings (SSSR count). The van der Waals surface area contributed by atoms with Crippen LogP contribution >= 0.6 is 11.8 Å². The van der Waals surface area contributed by atoms with Gasteiger partial charge in [-0.05, 0) is 19.1 Å². The van der Waals surface area contributed by atoms with Crippen LogP contribution < -0.4 is 10.6 Å². The summed E-state index contributed by atoms with van der Waals surface area (Å²) in [4.78, 5) is 33.8. The van der Waals surface area contributed by atoms with Crippen molar-refractivity contribution >= 4 is 35.4 Å². The number of carbonyl (C=O) groups excluding carboxylic acids is 3. The number of esters is 1. The molecule has 0 aromatic carbocycles. The van der Waals surface area contributed by atoms with Gasteiger partial charge in [0, 0.05) is 6.42 Å². The molecule has 9 heteroatoms. The lowest BCUT2D eigenvalue weighted by Gasteiger charge is -2.05. The van der Waals surface area contributed by atoms with Crippen LogP contribution in [0.1, 0.15) is 20.3 Å². The molecule has 0 aliphatic heterocycles. The molecular formula is C13H18N4O4S. The topological polar surface area (TPSA) is 110 Å². The number of amides is 2. The van der Waals surface area contributed by atoms with Crippen molar-refractivity contribution in [3.8, 4) is 0 Å². The molecule has 120 valence electrons. The predicted molar refractivity (Wildman–Crippen MR) is 81.3 cm³/mol. The SMILES string of the molecule is CCOC(=O)CNC(=O)CSc1ccc(NC(=O)CC)nn1. The summed E-state index contributed by atoms with van der Waals surface area (Å²) in [6, 6.07) is 3.26. The summed E-state index contributed by atoms with van der Waals surface area (Å²) >= 11 is 1.18. The van der Waals surface area contributed by atoms with Gasteiger partial charge in [-0.2, -0.15) is 0 Å². The van der Waals surface area contributed by atoms with Crippen molar-refractivity contribution in [1.82, 2.24) is 15.5 Å². The Morgan fingerprint density at radius 1 is 1.18 bits per heavy atom. The van der Waals surface area contributed by atoms with E-state index in [0.29, 0.717) is 17.3 Å². The second-order valence-corrected chi connectivity index (χ2v) is 5.02. The Labute approximate surface area is 132 Å². The molecular weight excluding hydrogens is 308 g/mol. The lowest BCUT2D eigenvalue weighted by Crippen LogP contribution is -2.31. The average molecular weight is 326 g/mol. The number of hydrogen-bond donors (Lipinski definition) is 2. The van der Waals surface area contributed by atoms with Crippen molar-refractivity contribution in [1.29, 1.82) is 0 Å². The zero-order valence-electron chi connectivity index (χ0n) is 12.4. The fourth-order valence-corrected chi connectivity index (χ4v) is 1.91. The first-order valence-electron chi connectivity index (χ1n) is 6.73. The highest BCUT2D eigenvalue weighted by molar-refractivity contribution is 7.99. The van der Waals surface area contributed by atoms with Crippen LogP contribution in [0.25, 0.3) is 0 Å². The van der Waals surface area contributed by atoms with Crippen LogP contribution in [0.3, 0.4) is 0 Å². The molecule has 8 nitrogen and oxygen atoms in total. The van der Waals surface area contributed by atoms with Crippen LogP contribution in [0.5, 0.6) is 0 Å². The third-order valence-corrected chi connectivity index (χ3v) is 3.24. The maximum absolute atomic E-state index is 11.5. The van der Waals surface area contributed by atoms with Crippen LogP contribution in [-0.2, 0) is 19.1 Å². The molecule has 0 fully saturated rings. The molecule has 0 radical (unpaired) electrons. The van der Waals surface area contributed by atoms with Crippen molar-refractivity contribution in [2.24, 2.45) is 0 Å². The molecule has 1 aromatic heterocycles. The van der Waals surface area contributed by atoms with Crippen LogP contribution in [0.2, 0.25) is 0 Å². The Bertz CT molecular complexity index is 521. The minimum Gasteiger partial charge on any atom is -0.465 e. The first-order valence-corrected chi connectivity index (χ1v) is 7.72. The molecule has 0 bridgehead atoms. The Morgan fingerprint density at radius 2 is 1.95 bits per heavy atom. The normalized spacial score (nSPS) is 9.91. The van der Waals surface area contributed by atoms with Gasteiger partial charge in [0.25, 0.3) is 0 Å². The lowest BCUT2D eigenvalue weighted by atomic mass is 10.4. The lowest BCUT2D eigenvalue weighted by molar-refractivity contribution is -0.143. The van der Waals surface area contributed by atoms with E-state index in [1.807, 2.05) is 0 Å². The van der Waals surface area contributed by atoms with E-state index in [4.69, 9.17) is 4.74 Å². The number of anilines is 1. The Morgan fingerprint density at radius 3 is 2.55 bits per heavy atom. The average Bonchev–Trinajstić information content (AvgIpc) is 2.52. The number of thioether (sulfide) groups is 1. The third-order valence-electron chi connectivity index (χ3n) is 2.32. The number of nitrogens with one attached hydrogen (secondary N) is 2. The molecule has 2 amide bonds. The molecule has 0 unspecified atom stereocenters. The summed E-state index contributed by atoms with van der Waals surface area (Å²) in [5, 5.41) is 13.3. The number of carbonyl (C=O) groups is 3. The van der Waals surface area contributed by atoms with Gasteiger partial charge in [0.2, 0.25) is 11.8 Å². The number of ether oxygens (including phenoxy) is 1. The van der Waals surface area contributed by atoms with Crippen LogP contribution in [0.4, 0.5) is 5.82 Å². The van der Waals surface area contributed by atoms with Crippen molar-refractivity contribution in [2.75, 3.05) is 24.2 Å². The molecule has 22 heavy (non-hydrogen) atoms. The van der Waals surface area contributed by atoms with Crippen molar-refractivity contribution < 1.29 is 19.1 Å². The zero-order valence-corrected chi connectivity index (χ0v) is 13.2. The number of hydrogen-bond acceptors (Lipinski definition) is 7. The molecule has 0 saturated carbocycles. The van der Waals surface area contributed by atoms with Crippen LogP contribution in [0.15, 0.2) is 17.2 Å². The summed E-state index contributed by atoms with van der Waals surface area (Å²) in [7, 11) is 0. The molecule has 1 aromatic rings. The smallest absolute Gasteiger partial charge is 0.325 e. The fraction of sp³-hybridized carbons (Fsp3) is 0.462. The van der Waals surface area contributed by atoms with Crippen LogP contribution in [-0.4, -0.2) is 46.9 Å². The van der Waals surface area contributed by atoms with Gasteiger partial charge in [-0.25, -0.2) is 0 Å². The first kappa shape index (κ1) is 17.9. The maximum Gasteiger partial charge on any atom is 0.325 e. The van der Waals surface area contributed by atoms with E-state index in [-0.39, 0.29) is 30.7 Å². The van der Waals surface area contributed by atoms with E-state index >= 15 is 0 Å². The minimum atomic E-state index is -0.475. The molecule has 2 N–H and O–H groups in total. The van der Waals surface area contributed by atoms with Crippen molar-refractivity contribution in [3.63, 3.8) is 0 Å². The molecule has 0 aliphatic carbocycles. The molecule has 1 heterocycles. The van der Waals surface area contributed by atoms with Crippen LogP contribution in [0, 0.1) is 0 Å². The molecule has 0 aliphatic rings. The van der Waals surface area contributed by atoms with Gasteiger partial charge < -0.3 is 15.4 Å². The van der Waals surface area contributed by atoms with Gasteiger partial charge in [-0.1, -0.05) is 18.7 Å². The second-order valence-electron chi connectivity index (χ2n) is 4.03. The Hall–Kier alpha value is -2.16. The Balaban J connectivity index is 2.33. The van der Waals surface area contributed by atoms with E-state index in [2.05, 4.69) is 20.8 Å². The fourth-order valence-electron chi connectivity index (χ4n) is 1.27. The second kappa shape index (κ2) is 9.72. The number of rotatable bonds is 8. The van der Waals surface area contributed by atoms with E-state index < -0.39 is 5.97 Å². The van der Waals surface area contributed by atoms with E-state index in [0.717, 1.165) is 0 Å². The largest absolute Gasteiger partial charge is 0.465 e. The standard InChI is InChI=1S/C13H18N4O4S/c1-3-10(18)15-9-5-6-12(17-16-9)22-8-11(19)14-7-13(20)21-4-2/h5-6H,3-4,7-8H2,1-2H3,(H,14,19)(H,15,16,18). The van der Waals surface area contributed by atoms with Gasteiger partial charge in [0.1, 0.15) is 11.6 Å². The number of nitrogens with zero attached hydrogens (tertiary/aromatic N) is 2. The van der Waals surface area contributed by atoms with Gasteiger partial charge in [0.05, 0.1) is 12.4 Å². The van der Waals surface area contributed by atoms with E-state index in [1.54, 1.807) is 26.0 Å². The quantitative estimate of drug-likeness (QED) is 0.531. The molecule has 0 spiro atoms. The highest BCUT2D eigenvalue weighted by atomic mass is 32.2. The Kier molecular flexibility index (Phi) is 7.90. The van der Waals surface area contributed by atoms with Gasteiger partial charge in [-0.3, -0.25) is 14.4 Å². The van der Waals surface area contributed by atoms with Crippen molar-refractivity contribution in [3.05, 3.63) is 12.1 Å². The van der Waals surface area contributed by atoms with Gasteiger partial charge in [-0.15, -0.1) is 10.2 Å². The molecule has 0 saturated heterocycles. The summed E-state index contributed by atoms with van der Waals surface area (Å²) < 4.78 is 4.69. The predicted octanol–water partition coefficient (Wildman–Crippen LogP) is 0.596. The van der Waals surface area contributed by atoms with Gasteiger partial charge >= 0.3 is 5.97 Å². The molecule has 0 atom stereocenters. The van der Waals surface area contributed by atoms with Crippen molar-refractivity contribution in [2.45, 2.75) is 25.3 Å². The monoisotopic (exact) mass is 326 g/mol. The zero-order chi connectivity index (χ0) is 16.4. The first-order chi connectivity index (χ1) is 10.5. The number of aromatic nitrogens is 2. The maximum atomic E-state index is 11.5. The van der Waals surface area contributed by atoms with Gasteiger partial charge in [0.15, 0.2) is 5.82 Å².